The molecular formula is C15H18ClFN2O3. The minimum absolute atomic E-state index is 0.0416. The highest BCUT2D eigenvalue weighted by atomic mass is 35.5. The first-order valence-corrected chi connectivity index (χ1v) is 7.51. The van der Waals surface area contributed by atoms with Gasteiger partial charge < -0.3 is 10.0 Å². The SMILES string of the molecule is CN1CCC(C(=O)O)(N(C(=O)CCl)c2ccccc2F)CC1. The molecule has 0 aliphatic carbocycles. The summed E-state index contributed by atoms with van der Waals surface area (Å²) in [6.45, 7) is 1.01. The van der Waals surface area contributed by atoms with Crippen LogP contribution in [0.4, 0.5) is 10.1 Å². The van der Waals surface area contributed by atoms with Gasteiger partial charge in [-0.25, -0.2) is 9.18 Å². The highest BCUT2D eigenvalue weighted by Gasteiger charge is 2.49. The van der Waals surface area contributed by atoms with Gasteiger partial charge in [0.1, 0.15) is 17.2 Å². The van der Waals surface area contributed by atoms with Crippen LogP contribution in [0, 0.1) is 5.82 Å². The molecule has 0 atom stereocenters. The zero-order valence-corrected chi connectivity index (χ0v) is 13.0. The Labute approximate surface area is 133 Å². The van der Waals surface area contributed by atoms with Crippen molar-refractivity contribution >= 4 is 29.2 Å². The molecule has 120 valence electrons. The van der Waals surface area contributed by atoms with Crippen LogP contribution in [0.3, 0.4) is 0 Å². The van der Waals surface area contributed by atoms with Gasteiger partial charge in [-0.15, -0.1) is 11.6 Å². The number of hydrogen-bond acceptors (Lipinski definition) is 3. The van der Waals surface area contributed by atoms with Crippen LogP contribution in [0.25, 0.3) is 0 Å². The fourth-order valence-electron chi connectivity index (χ4n) is 2.82. The van der Waals surface area contributed by atoms with Crippen molar-refractivity contribution in [3.05, 3.63) is 30.1 Å². The van der Waals surface area contributed by atoms with Crippen molar-refractivity contribution in [3.8, 4) is 0 Å². The number of rotatable bonds is 4. The monoisotopic (exact) mass is 328 g/mol. The van der Waals surface area contributed by atoms with E-state index in [4.69, 9.17) is 11.6 Å². The molecule has 1 heterocycles. The maximum Gasteiger partial charge on any atom is 0.330 e. The number of carbonyl (C=O) groups is 2. The Morgan fingerprint density at radius 2 is 1.95 bits per heavy atom. The summed E-state index contributed by atoms with van der Waals surface area (Å²) < 4.78 is 14.2. The lowest BCUT2D eigenvalue weighted by atomic mass is 9.85. The second kappa shape index (κ2) is 6.62. The van der Waals surface area contributed by atoms with E-state index in [0.29, 0.717) is 13.1 Å². The van der Waals surface area contributed by atoms with Gasteiger partial charge in [0.2, 0.25) is 5.91 Å². The van der Waals surface area contributed by atoms with Crippen molar-refractivity contribution in [3.63, 3.8) is 0 Å². The highest BCUT2D eigenvalue weighted by Crippen LogP contribution is 2.35. The van der Waals surface area contributed by atoms with E-state index in [2.05, 4.69) is 0 Å². The van der Waals surface area contributed by atoms with E-state index in [1.54, 1.807) is 6.07 Å². The van der Waals surface area contributed by atoms with E-state index in [1.807, 2.05) is 11.9 Å². The summed E-state index contributed by atoms with van der Waals surface area (Å²) in [7, 11) is 1.88. The number of halogens is 2. The van der Waals surface area contributed by atoms with Gasteiger partial charge in [0.25, 0.3) is 0 Å². The Hall–Kier alpha value is -1.66. The standard InChI is InChI=1S/C15H18ClFN2O3/c1-18-8-6-15(7-9-18,14(21)22)19(13(20)10-16)12-5-3-2-4-11(12)17/h2-5H,6-10H2,1H3,(H,21,22). The molecule has 5 nitrogen and oxygen atoms in total. The van der Waals surface area contributed by atoms with Crippen LogP contribution < -0.4 is 4.90 Å². The van der Waals surface area contributed by atoms with Gasteiger partial charge in [0, 0.05) is 13.1 Å². The molecule has 22 heavy (non-hydrogen) atoms. The number of anilines is 1. The third kappa shape index (κ3) is 2.94. The summed E-state index contributed by atoms with van der Waals surface area (Å²) in [5, 5.41) is 9.76. The number of para-hydroxylation sites is 1. The van der Waals surface area contributed by atoms with E-state index < -0.39 is 29.1 Å². The predicted molar refractivity (Wildman–Crippen MR) is 81.7 cm³/mol. The third-order valence-electron chi connectivity index (χ3n) is 4.10. The molecule has 1 aromatic carbocycles. The summed E-state index contributed by atoms with van der Waals surface area (Å²) in [4.78, 5) is 27.3. The Bertz CT molecular complexity index is 574. The van der Waals surface area contributed by atoms with Gasteiger partial charge in [-0.2, -0.15) is 0 Å². The Kier molecular flexibility index (Phi) is 5.03. The quantitative estimate of drug-likeness (QED) is 0.858. The lowest BCUT2D eigenvalue weighted by molar-refractivity contribution is -0.147. The van der Waals surface area contributed by atoms with Crippen LogP contribution in [-0.2, 0) is 9.59 Å². The molecule has 0 bridgehead atoms. The van der Waals surface area contributed by atoms with E-state index in [0.717, 1.165) is 4.90 Å². The first kappa shape index (κ1) is 16.7. The van der Waals surface area contributed by atoms with E-state index in [-0.39, 0.29) is 18.5 Å². The number of carboxylic acids is 1. The normalized spacial score (nSPS) is 18.0. The molecule has 7 heteroatoms. The van der Waals surface area contributed by atoms with Crippen molar-refractivity contribution in [1.82, 2.24) is 4.90 Å². The second-order valence-electron chi connectivity index (χ2n) is 5.45. The summed E-state index contributed by atoms with van der Waals surface area (Å²) in [6.07, 6.45) is 0.436. The van der Waals surface area contributed by atoms with Crippen LogP contribution in [0.2, 0.25) is 0 Å². The van der Waals surface area contributed by atoms with Crippen LogP contribution in [0.1, 0.15) is 12.8 Å². The van der Waals surface area contributed by atoms with Crippen molar-refractivity contribution in [2.45, 2.75) is 18.4 Å². The fourth-order valence-corrected chi connectivity index (χ4v) is 2.94. The van der Waals surface area contributed by atoms with E-state index in [9.17, 15) is 19.1 Å². The van der Waals surface area contributed by atoms with Gasteiger partial charge in [-0.1, -0.05) is 12.1 Å². The lowest BCUT2D eigenvalue weighted by Gasteiger charge is -2.45. The number of carbonyl (C=O) groups excluding carboxylic acids is 1. The first-order chi connectivity index (χ1) is 10.4. The van der Waals surface area contributed by atoms with Gasteiger partial charge in [0.05, 0.1) is 5.69 Å². The van der Waals surface area contributed by atoms with E-state index in [1.165, 1.54) is 18.2 Å². The minimum Gasteiger partial charge on any atom is -0.479 e. The predicted octanol–water partition coefficient (Wildman–Crippen LogP) is 1.95. The molecule has 2 rings (SSSR count). The van der Waals surface area contributed by atoms with Gasteiger partial charge >= 0.3 is 5.97 Å². The molecule has 1 amide bonds. The summed E-state index contributed by atoms with van der Waals surface area (Å²) in [6, 6.07) is 5.67. The molecular weight excluding hydrogens is 311 g/mol. The summed E-state index contributed by atoms with van der Waals surface area (Å²) >= 11 is 5.65. The van der Waals surface area contributed by atoms with Crippen molar-refractivity contribution in [2.24, 2.45) is 0 Å². The van der Waals surface area contributed by atoms with Gasteiger partial charge in [-0.3, -0.25) is 9.69 Å². The molecule has 0 radical (unpaired) electrons. The molecule has 1 saturated heterocycles. The third-order valence-corrected chi connectivity index (χ3v) is 4.33. The number of likely N-dealkylation sites (tertiary alicyclic amines) is 1. The zero-order valence-electron chi connectivity index (χ0n) is 12.3. The smallest absolute Gasteiger partial charge is 0.330 e. The van der Waals surface area contributed by atoms with Crippen LogP contribution >= 0.6 is 11.6 Å². The summed E-state index contributed by atoms with van der Waals surface area (Å²) in [5.41, 5.74) is -1.51. The number of carboxylic acid groups (broad SMARTS) is 1. The maximum absolute atomic E-state index is 14.2. The Balaban J connectivity index is 2.54. The van der Waals surface area contributed by atoms with Crippen molar-refractivity contribution in [2.75, 3.05) is 30.9 Å². The number of benzene rings is 1. The number of alkyl halides is 1. The Morgan fingerprint density at radius 1 is 1.36 bits per heavy atom. The number of amides is 1. The fraction of sp³-hybridized carbons (Fsp3) is 0.467. The second-order valence-corrected chi connectivity index (χ2v) is 5.72. The zero-order chi connectivity index (χ0) is 16.3. The lowest BCUT2D eigenvalue weighted by Crippen LogP contribution is -2.62. The number of nitrogens with zero attached hydrogens (tertiary/aromatic N) is 2. The molecule has 1 aliphatic rings. The Morgan fingerprint density at radius 3 is 2.45 bits per heavy atom. The van der Waals surface area contributed by atoms with Gasteiger partial charge in [-0.05, 0) is 32.0 Å². The molecule has 0 saturated carbocycles. The van der Waals surface area contributed by atoms with Crippen molar-refractivity contribution < 1.29 is 19.1 Å². The number of piperidine rings is 1. The molecule has 1 aromatic rings. The first-order valence-electron chi connectivity index (χ1n) is 6.98. The van der Waals surface area contributed by atoms with Crippen LogP contribution in [-0.4, -0.2) is 53.4 Å². The average Bonchev–Trinajstić information content (AvgIpc) is 2.51. The number of aliphatic carboxylic acids is 1. The largest absolute Gasteiger partial charge is 0.479 e. The molecule has 1 aliphatic heterocycles. The van der Waals surface area contributed by atoms with Gasteiger partial charge in [0.15, 0.2) is 0 Å². The molecule has 0 unspecified atom stereocenters. The topological polar surface area (TPSA) is 60.9 Å². The molecule has 0 aromatic heterocycles. The molecule has 0 spiro atoms. The summed E-state index contributed by atoms with van der Waals surface area (Å²) in [5.74, 6) is -2.79. The van der Waals surface area contributed by atoms with Crippen LogP contribution in [0.5, 0.6) is 0 Å². The van der Waals surface area contributed by atoms with E-state index >= 15 is 0 Å². The van der Waals surface area contributed by atoms with Crippen molar-refractivity contribution in [1.29, 1.82) is 0 Å². The number of hydrogen-bond donors (Lipinski definition) is 1. The average molecular weight is 329 g/mol. The van der Waals surface area contributed by atoms with Crippen LogP contribution in [0.15, 0.2) is 24.3 Å². The maximum atomic E-state index is 14.2. The minimum atomic E-state index is -1.47. The molecule has 1 N–H and O–H groups in total. The molecule has 1 fully saturated rings. The highest BCUT2D eigenvalue weighted by molar-refractivity contribution is 6.30.